The molecule has 0 saturated carbocycles. The molecular weight excluding hydrogens is 612 g/mol. The lowest BCUT2D eigenvalue weighted by molar-refractivity contribution is 0.381. The first-order valence-corrected chi connectivity index (χ1v) is 14.5. The van der Waals surface area contributed by atoms with E-state index in [-0.39, 0.29) is 17.6 Å². The number of sulfonamides is 1. The Kier molecular flexibility index (Phi) is 7.50. The number of hydrogen-bond donors (Lipinski definition) is 0. The average molecular weight is 635 g/mol. The van der Waals surface area contributed by atoms with Gasteiger partial charge in [0.2, 0.25) is 10.0 Å². The summed E-state index contributed by atoms with van der Waals surface area (Å²) in [5, 5.41) is 2.86. The van der Waals surface area contributed by atoms with Gasteiger partial charge < -0.3 is 4.90 Å². The smallest absolute Gasteiger partial charge is 0.247 e. The summed E-state index contributed by atoms with van der Waals surface area (Å²) in [5.41, 5.74) is 5.97. The van der Waals surface area contributed by atoms with Gasteiger partial charge in [-0.2, -0.15) is 4.31 Å². The number of anilines is 1. The van der Waals surface area contributed by atoms with Gasteiger partial charge in [0.25, 0.3) is 0 Å². The monoisotopic (exact) mass is 633 g/mol. The average Bonchev–Trinajstić information content (AvgIpc) is 3.24. The van der Waals surface area contributed by atoms with Crippen LogP contribution in [0, 0.1) is 32.4 Å². The Balaban J connectivity index is 1.48. The van der Waals surface area contributed by atoms with Crippen LogP contribution in [0.2, 0.25) is 0 Å². The van der Waals surface area contributed by atoms with E-state index >= 15 is 0 Å². The number of nitrogens with zero attached hydrogens (tertiary/aromatic N) is 3. The van der Waals surface area contributed by atoms with Crippen LogP contribution in [0.3, 0.4) is 0 Å². The topological polar surface area (TPSA) is 53.5 Å². The Morgan fingerprint density at radius 2 is 1.65 bits per heavy atom. The van der Waals surface area contributed by atoms with Gasteiger partial charge in [0.15, 0.2) is 10.9 Å². The second-order valence-electron chi connectivity index (χ2n) is 8.36. The summed E-state index contributed by atoms with van der Waals surface area (Å²) in [7, 11) is -4.22. The SMILES string of the molecule is Cc1cc(C)c(Cc2csc(N3CCN(S(=O)(=O)c4c(F)c(Br)cc(F)c4Br)CC3)n2)c(C)c1. The van der Waals surface area contributed by atoms with Crippen LogP contribution in [0.25, 0.3) is 0 Å². The van der Waals surface area contributed by atoms with Gasteiger partial charge >= 0.3 is 0 Å². The molecule has 1 aliphatic heterocycles. The maximum atomic E-state index is 14.6. The summed E-state index contributed by atoms with van der Waals surface area (Å²) in [6, 6.07) is 5.25. The Labute approximate surface area is 219 Å². The van der Waals surface area contributed by atoms with Crippen LogP contribution in [0.15, 0.2) is 37.4 Å². The van der Waals surface area contributed by atoms with Crippen molar-refractivity contribution in [3.63, 3.8) is 0 Å². The molecule has 0 atom stereocenters. The molecule has 11 heteroatoms. The maximum absolute atomic E-state index is 14.6. The second kappa shape index (κ2) is 9.93. The molecule has 2 heterocycles. The van der Waals surface area contributed by atoms with Crippen molar-refractivity contribution in [3.05, 3.63) is 72.1 Å². The first-order valence-electron chi connectivity index (χ1n) is 10.6. The summed E-state index contributed by atoms with van der Waals surface area (Å²) in [6.07, 6.45) is 0.741. The zero-order chi connectivity index (χ0) is 24.8. The van der Waals surface area contributed by atoms with E-state index in [4.69, 9.17) is 4.98 Å². The number of rotatable bonds is 5. The molecule has 0 amide bonds. The predicted molar refractivity (Wildman–Crippen MR) is 138 cm³/mol. The maximum Gasteiger partial charge on any atom is 0.247 e. The number of halogens is 4. The van der Waals surface area contributed by atoms with Crippen LogP contribution in [0.1, 0.15) is 27.9 Å². The number of piperazine rings is 1. The van der Waals surface area contributed by atoms with E-state index in [2.05, 4.69) is 64.8 Å². The van der Waals surface area contributed by atoms with Gasteiger partial charge in [0.05, 0.1) is 14.6 Å². The standard InChI is InChI=1S/C23H23Br2F2N3O2S2/c1-13-8-14(2)17(15(3)9-13)10-16-12-33-23(28-16)29-4-6-30(7-5-29)34(31,32)22-20(25)19(26)11-18(24)21(22)27/h8-9,11-12H,4-7,10H2,1-3H3. The van der Waals surface area contributed by atoms with Crippen molar-refractivity contribution < 1.29 is 17.2 Å². The molecule has 0 aliphatic carbocycles. The fourth-order valence-corrected chi connectivity index (χ4v) is 8.09. The third kappa shape index (κ3) is 4.95. The molecule has 5 nitrogen and oxygen atoms in total. The molecule has 1 saturated heterocycles. The van der Waals surface area contributed by atoms with Crippen molar-refractivity contribution in [2.24, 2.45) is 0 Å². The van der Waals surface area contributed by atoms with Crippen molar-refractivity contribution in [1.82, 2.24) is 9.29 Å². The highest BCUT2D eigenvalue weighted by molar-refractivity contribution is 9.11. The van der Waals surface area contributed by atoms with Gasteiger partial charge in [0, 0.05) is 38.0 Å². The Hall–Kier alpha value is -1.40. The number of benzene rings is 2. The molecule has 0 N–H and O–H groups in total. The Bertz CT molecular complexity index is 1310. The van der Waals surface area contributed by atoms with Crippen LogP contribution in [-0.2, 0) is 16.4 Å². The highest BCUT2D eigenvalue weighted by Gasteiger charge is 2.35. The minimum absolute atomic E-state index is 0.146. The lowest BCUT2D eigenvalue weighted by atomic mass is 9.96. The van der Waals surface area contributed by atoms with Crippen LogP contribution >= 0.6 is 43.2 Å². The van der Waals surface area contributed by atoms with Crippen molar-refractivity contribution in [1.29, 1.82) is 0 Å². The van der Waals surface area contributed by atoms with Gasteiger partial charge in [-0.1, -0.05) is 17.7 Å². The first kappa shape index (κ1) is 25.7. The van der Waals surface area contributed by atoms with E-state index in [1.165, 1.54) is 37.9 Å². The fourth-order valence-electron chi connectivity index (χ4n) is 4.22. The normalized spacial score (nSPS) is 15.2. The zero-order valence-corrected chi connectivity index (χ0v) is 23.6. The van der Waals surface area contributed by atoms with Gasteiger partial charge in [-0.25, -0.2) is 22.2 Å². The van der Waals surface area contributed by atoms with Crippen LogP contribution in [-0.4, -0.2) is 43.9 Å². The summed E-state index contributed by atoms with van der Waals surface area (Å²) in [4.78, 5) is 6.13. The van der Waals surface area contributed by atoms with E-state index in [1.807, 2.05) is 10.3 Å². The van der Waals surface area contributed by atoms with Crippen LogP contribution in [0.5, 0.6) is 0 Å². The highest BCUT2D eigenvalue weighted by Crippen LogP contribution is 2.35. The Morgan fingerprint density at radius 3 is 2.26 bits per heavy atom. The summed E-state index contributed by atoms with van der Waals surface area (Å²) in [6.45, 7) is 7.42. The second-order valence-corrected chi connectivity index (χ2v) is 12.7. The summed E-state index contributed by atoms with van der Waals surface area (Å²) in [5.74, 6) is -1.86. The van der Waals surface area contributed by atoms with Crippen molar-refractivity contribution >= 4 is 58.4 Å². The molecule has 0 unspecified atom stereocenters. The molecule has 1 aliphatic rings. The molecular formula is C23H23Br2F2N3O2S2. The molecule has 1 fully saturated rings. The lowest BCUT2D eigenvalue weighted by Gasteiger charge is -2.34. The molecule has 0 radical (unpaired) electrons. The van der Waals surface area contributed by atoms with Gasteiger partial charge in [-0.15, -0.1) is 11.3 Å². The third-order valence-electron chi connectivity index (χ3n) is 5.92. The molecule has 0 bridgehead atoms. The third-order valence-corrected chi connectivity index (χ3v) is 10.4. The largest absolute Gasteiger partial charge is 0.345 e. The molecule has 34 heavy (non-hydrogen) atoms. The molecule has 3 aromatic rings. The predicted octanol–water partition coefficient (Wildman–Crippen LogP) is 5.97. The molecule has 0 spiro atoms. The molecule has 4 rings (SSSR count). The van der Waals surface area contributed by atoms with Gasteiger partial charge in [0.1, 0.15) is 10.7 Å². The zero-order valence-electron chi connectivity index (χ0n) is 18.8. The number of aromatic nitrogens is 1. The van der Waals surface area contributed by atoms with Crippen molar-refractivity contribution in [2.45, 2.75) is 32.1 Å². The lowest BCUT2D eigenvalue weighted by Crippen LogP contribution is -2.49. The molecule has 1 aromatic heterocycles. The van der Waals surface area contributed by atoms with E-state index in [0.29, 0.717) is 13.1 Å². The van der Waals surface area contributed by atoms with E-state index in [0.717, 1.165) is 23.3 Å². The molecule has 2 aromatic carbocycles. The van der Waals surface area contributed by atoms with E-state index in [1.54, 1.807) is 0 Å². The minimum Gasteiger partial charge on any atom is -0.345 e. The van der Waals surface area contributed by atoms with Gasteiger partial charge in [-0.3, -0.25) is 0 Å². The number of aryl methyl sites for hydroxylation is 3. The van der Waals surface area contributed by atoms with Gasteiger partial charge in [-0.05, 0) is 75.4 Å². The van der Waals surface area contributed by atoms with E-state index < -0.39 is 31.0 Å². The molecule has 182 valence electrons. The first-order chi connectivity index (χ1) is 16.0. The number of hydrogen-bond acceptors (Lipinski definition) is 5. The quantitative estimate of drug-likeness (QED) is 0.325. The van der Waals surface area contributed by atoms with Crippen molar-refractivity contribution in [2.75, 3.05) is 31.1 Å². The Morgan fingerprint density at radius 1 is 1.03 bits per heavy atom. The van der Waals surface area contributed by atoms with E-state index in [9.17, 15) is 17.2 Å². The fraction of sp³-hybridized carbons (Fsp3) is 0.348. The summed E-state index contributed by atoms with van der Waals surface area (Å²) >= 11 is 7.32. The number of thiazole rings is 1. The van der Waals surface area contributed by atoms with Crippen molar-refractivity contribution in [3.8, 4) is 0 Å². The highest BCUT2D eigenvalue weighted by atomic mass is 79.9. The van der Waals surface area contributed by atoms with Crippen LogP contribution in [0.4, 0.5) is 13.9 Å². The summed E-state index contributed by atoms with van der Waals surface area (Å²) < 4.78 is 55.5. The van der Waals surface area contributed by atoms with Crippen LogP contribution < -0.4 is 4.90 Å². The minimum atomic E-state index is -4.22.